The molecule has 6 spiro atoms. The van der Waals surface area contributed by atoms with Crippen molar-refractivity contribution in [3.8, 4) is 0 Å². The summed E-state index contributed by atoms with van der Waals surface area (Å²) in [7, 11) is 0. The van der Waals surface area contributed by atoms with Crippen molar-refractivity contribution in [3.63, 3.8) is 0 Å². The summed E-state index contributed by atoms with van der Waals surface area (Å²) in [6, 6.07) is 0. The van der Waals surface area contributed by atoms with Crippen LogP contribution in [0.2, 0.25) is 0 Å². The molecule has 234 valence electrons. The standard InChI is InChI=1S/C16H26.C14H22.C12H18/c1-13-14(2)16(9-5-6-10-16)12-11-15(13)7-3-4-8-15;1-11-12(2)14(7-4-8-14)10-9-13(11)5-3-6-13;1-9-10(2)12(5-6-12)8-7-11(9)3-4-11/h3-12H2,1-2H3;3-10H2,1-2H3;3-8H2,1-2H3. The van der Waals surface area contributed by atoms with Crippen LogP contribution in [0, 0.1) is 32.5 Å². The highest BCUT2D eigenvalue weighted by atomic mass is 14.6. The summed E-state index contributed by atoms with van der Waals surface area (Å²) >= 11 is 0. The maximum atomic E-state index is 2.47. The molecule has 0 radical (unpaired) electrons. The summed E-state index contributed by atoms with van der Waals surface area (Å²) < 4.78 is 0. The zero-order chi connectivity index (χ0) is 29.4. The molecular weight excluding hydrogens is 504 g/mol. The maximum absolute atomic E-state index is 2.47. The fraction of sp³-hybridized carbons (Fsp3) is 0.857. The third-order valence-corrected chi connectivity index (χ3v) is 17.2. The van der Waals surface area contributed by atoms with Crippen LogP contribution in [0.15, 0.2) is 33.4 Å². The average molecular weight is 571 g/mol. The summed E-state index contributed by atoms with van der Waals surface area (Å²) in [4.78, 5) is 0. The molecule has 0 bridgehead atoms. The van der Waals surface area contributed by atoms with Crippen molar-refractivity contribution < 1.29 is 0 Å². The van der Waals surface area contributed by atoms with E-state index in [0.717, 1.165) is 10.8 Å². The number of allylic oxidation sites excluding steroid dienone is 6. The summed E-state index contributed by atoms with van der Waals surface area (Å²) in [5.74, 6) is 0. The first-order valence-corrected chi connectivity index (χ1v) is 19.1. The molecule has 0 atom stereocenters. The highest BCUT2D eigenvalue weighted by Gasteiger charge is 2.55. The van der Waals surface area contributed by atoms with Gasteiger partial charge in [-0.05, 0) is 190 Å². The van der Waals surface area contributed by atoms with Crippen LogP contribution < -0.4 is 0 Å². The molecular formula is C42H66. The molecule has 0 unspecified atom stereocenters. The molecule has 0 aliphatic heterocycles. The Hall–Kier alpha value is -0.780. The normalized spacial score (nSPS) is 33.0. The molecule has 42 heavy (non-hydrogen) atoms. The Morgan fingerprint density at radius 3 is 0.500 bits per heavy atom. The minimum atomic E-state index is 0.665. The van der Waals surface area contributed by atoms with Gasteiger partial charge in [0.2, 0.25) is 0 Å². The van der Waals surface area contributed by atoms with E-state index in [1.807, 2.05) is 11.1 Å². The van der Waals surface area contributed by atoms with E-state index in [0.29, 0.717) is 21.7 Å². The van der Waals surface area contributed by atoms with Crippen molar-refractivity contribution in [2.24, 2.45) is 32.5 Å². The van der Waals surface area contributed by atoms with Crippen molar-refractivity contribution in [3.05, 3.63) is 33.4 Å². The highest BCUT2D eigenvalue weighted by molar-refractivity contribution is 5.36. The Morgan fingerprint density at radius 1 is 0.214 bits per heavy atom. The van der Waals surface area contributed by atoms with Crippen LogP contribution >= 0.6 is 0 Å². The third kappa shape index (κ3) is 4.55. The number of hydrogen-bond donors (Lipinski definition) is 0. The fourth-order valence-corrected chi connectivity index (χ4v) is 12.3. The molecule has 9 aliphatic carbocycles. The van der Waals surface area contributed by atoms with Gasteiger partial charge in [0, 0.05) is 0 Å². The molecule has 0 N–H and O–H groups in total. The molecule has 9 aliphatic rings. The Balaban J connectivity index is 0.000000104. The monoisotopic (exact) mass is 571 g/mol. The lowest BCUT2D eigenvalue weighted by Crippen LogP contribution is -2.42. The first kappa shape index (κ1) is 29.9. The van der Waals surface area contributed by atoms with Gasteiger partial charge >= 0.3 is 0 Å². The van der Waals surface area contributed by atoms with Crippen LogP contribution in [0.1, 0.15) is 196 Å². The zero-order valence-electron chi connectivity index (χ0n) is 29.0. The first-order chi connectivity index (χ1) is 20.1. The maximum Gasteiger partial charge on any atom is -0.00871 e. The van der Waals surface area contributed by atoms with Crippen molar-refractivity contribution >= 4 is 0 Å². The van der Waals surface area contributed by atoms with Crippen LogP contribution in [-0.4, -0.2) is 0 Å². The van der Waals surface area contributed by atoms with Crippen molar-refractivity contribution in [1.29, 1.82) is 0 Å². The van der Waals surface area contributed by atoms with Crippen LogP contribution in [0.25, 0.3) is 0 Å². The smallest absolute Gasteiger partial charge is 0.00871 e. The van der Waals surface area contributed by atoms with Crippen molar-refractivity contribution in [2.75, 3.05) is 0 Å². The molecule has 0 heterocycles. The Labute approximate surface area is 261 Å². The quantitative estimate of drug-likeness (QED) is 0.254. The Kier molecular flexibility index (Phi) is 7.39. The molecule has 0 saturated heterocycles. The summed E-state index contributed by atoms with van der Waals surface area (Å²) in [5.41, 5.74) is 15.0. The largest absolute Gasteiger partial charge is 0.0676 e. The van der Waals surface area contributed by atoms with Crippen LogP contribution in [0.5, 0.6) is 0 Å². The number of hydrogen-bond acceptors (Lipinski definition) is 0. The second-order valence-corrected chi connectivity index (χ2v) is 18.1. The van der Waals surface area contributed by atoms with Gasteiger partial charge in [0.1, 0.15) is 0 Å². The SMILES string of the molecule is CC1=C(C)C2(CC2)CCC12CC2.CC1=C(C)C2(CCC2)CCC12CCC2.CC1=C(C)C2(CCCC2)CCC12CCCC2. The molecule has 0 aromatic carbocycles. The first-order valence-electron chi connectivity index (χ1n) is 19.1. The predicted octanol–water partition coefficient (Wildman–Crippen LogP) is 13.4. The van der Waals surface area contributed by atoms with E-state index in [1.54, 1.807) is 22.3 Å². The minimum absolute atomic E-state index is 0.665. The number of rotatable bonds is 0. The van der Waals surface area contributed by atoms with E-state index in [9.17, 15) is 0 Å². The second-order valence-electron chi connectivity index (χ2n) is 18.1. The zero-order valence-corrected chi connectivity index (χ0v) is 29.0. The minimum Gasteiger partial charge on any atom is -0.0676 e. The average Bonchev–Trinajstić information content (AvgIpc) is 3.81. The summed E-state index contributed by atoms with van der Waals surface area (Å²) in [6.07, 6.45) is 35.9. The van der Waals surface area contributed by atoms with E-state index in [4.69, 9.17) is 0 Å². The molecule has 0 aromatic rings. The lowest BCUT2D eigenvalue weighted by molar-refractivity contribution is 0.0691. The fourth-order valence-electron chi connectivity index (χ4n) is 12.3. The van der Waals surface area contributed by atoms with E-state index in [1.165, 1.54) is 154 Å². The third-order valence-electron chi connectivity index (χ3n) is 17.2. The van der Waals surface area contributed by atoms with Crippen LogP contribution in [-0.2, 0) is 0 Å². The van der Waals surface area contributed by atoms with Gasteiger partial charge in [-0.25, -0.2) is 0 Å². The van der Waals surface area contributed by atoms with Gasteiger partial charge in [0.05, 0.1) is 0 Å². The van der Waals surface area contributed by atoms with Crippen LogP contribution in [0.4, 0.5) is 0 Å². The molecule has 6 saturated carbocycles. The molecule has 0 nitrogen and oxygen atoms in total. The lowest BCUT2D eigenvalue weighted by atomic mass is 9.49. The molecule has 9 rings (SSSR count). The lowest BCUT2D eigenvalue weighted by Gasteiger charge is -2.56. The summed E-state index contributed by atoms with van der Waals surface area (Å²) in [6.45, 7) is 14.6. The highest BCUT2D eigenvalue weighted by Crippen LogP contribution is 2.68. The molecule has 0 amide bonds. The van der Waals surface area contributed by atoms with E-state index < -0.39 is 0 Å². The van der Waals surface area contributed by atoms with Crippen molar-refractivity contribution in [1.82, 2.24) is 0 Å². The topological polar surface area (TPSA) is 0 Å². The Morgan fingerprint density at radius 2 is 0.357 bits per heavy atom. The van der Waals surface area contributed by atoms with Gasteiger partial charge in [-0.2, -0.15) is 0 Å². The van der Waals surface area contributed by atoms with Crippen LogP contribution in [0.3, 0.4) is 0 Å². The molecule has 0 aromatic heterocycles. The van der Waals surface area contributed by atoms with Gasteiger partial charge in [-0.15, -0.1) is 0 Å². The van der Waals surface area contributed by atoms with Gasteiger partial charge < -0.3 is 0 Å². The van der Waals surface area contributed by atoms with Gasteiger partial charge in [-0.3, -0.25) is 0 Å². The van der Waals surface area contributed by atoms with Gasteiger partial charge in [0.15, 0.2) is 0 Å². The Bertz CT molecular complexity index is 1060. The second kappa shape index (κ2) is 10.4. The predicted molar refractivity (Wildman–Crippen MR) is 181 cm³/mol. The van der Waals surface area contributed by atoms with E-state index in [-0.39, 0.29) is 0 Å². The summed E-state index contributed by atoms with van der Waals surface area (Å²) in [5, 5.41) is 0. The van der Waals surface area contributed by atoms with Gasteiger partial charge in [0.25, 0.3) is 0 Å². The van der Waals surface area contributed by atoms with Gasteiger partial charge in [-0.1, -0.05) is 72.0 Å². The van der Waals surface area contributed by atoms with Crippen molar-refractivity contribution in [2.45, 2.75) is 196 Å². The van der Waals surface area contributed by atoms with E-state index in [2.05, 4.69) is 41.5 Å². The molecule has 0 heteroatoms. The van der Waals surface area contributed by atoms with E-state index >= 15 is 0 Å². The molecule has 6 fully saturated rings.